The highest BCUT2D eigenvalue weighted by molar-refractivity contribution is 5.92. The van der Waals surface area contributed by atoms with E-state index in [-0.39, 0.29) is 24.0 Å². The number of halogens is 3. The molecule has 6 nitrogen and oxygen atoms in total. The molecule has 0 N–H and O–H groups in total. The van der Waals surface area contributed by atoms with Gasteiger partial charge in [0.25, 0.3) is 0 Å². The normalized spacial score (nSPS) is 29.9. The van der Waals surface area contributed by atoms with Gasteiger partial charge in [0.1, 0.15) is 17.5 Å². The number of nitrogens with zero attached hydrogens (tertiary/aromatic N) is 2. The second-order valence-corrected chi connectivity index (χ2v) is 11.5. The molecule has 216 valence electrons. The predicted octanol–water partition coefficient (Wildman–Crippen LogP) is 5.16. The highest BCUT2D eigenvalue weighted by atomic mass is 19.4. The molecular weight excluding hydrogens is 533 g/mol. The number of alkyl halides is 3. The summed E-state index contributed by atoms with van der Waals surface area (Å²) in [4.78, 5) is 30.1. The number of ether oxygens (including phenoxy) is 2. The molecule has 2 aromatic rings. The highest BCUT2D eigenvalue weighted by Gasteiger charge is 2.75. The third-order valence-electron chi connectivity index (χ3n) is 9.59. The van der Waals surface area contributed by atoms with Crippen LogP contribution in [0.15, 0.2) is 61.2 Å². The van der Waals surface area contributed by atoms with Crippen LogP contribution in [-0.4, -0.2) is 65.6 Å². The van der Waals surface area contributed by atoms with Crippen molar-refractivity contribution in [1.82, 2.24) is 9.80 Å². The van der Waals surface area contributed by atoms with E-state index in [2.05, 4.69) is 17.5 Å². The molecule has 2 fully saturated rings. The van der Waals surface area contributed by atoms with Gasteiger partial charge in [-0.05, 0) is 61.1 Å². The Bertz CT molecular complexity index is 1420. The number of rotatable bonds is 6. The molecule has 9 heteroatoms. The molecule has 6 rings (SSSR count). The van der Waals surface area contributed by atoms with Crippen molar-refractivity contribution in [3.8, 4) is 5.75 Å². The first-order valence-electron chi connectivity index (χ1n) is 14.0. The zero-order valence-electron chi connectivity index (χ0n) is 23.1. The van der Waals surface area contributed by atoms with Crippen molar-refractivity contribution >= 4 is 18.0 Å². The number of benzene rings is 2. The summed E-state index contributed by atoms with van der Waals surface area (Å²) >= 11 is 0. The second kappa shape index (κ2) is 9.76. The van der Waals surface area contributed by atoms with Gasteiger partial charge in [0.05, 0.1) is 23.1 Å². The van der Waals surface area contributed by atoms with Gasteiger partial charge in [-0.1, -0.05) is 30.3 Å². The van der Waals surface area contributed by atoms with Crippen LogP contribution >= 0.6 is 0 Å². The number of carbonyl (C=O) groups excluding carboxylic acids is 2. The Morgan fingerprint density at radius 1 is 1.20 bits per heavy atom. The van der Waals surface area contributed by atoms with Crippen molar-refractivity contribution in [2.45, 2.75) is 68.0 Å². The van der Waals surface area contributed by atoms with Crippen molar-refractivity contribution in [3.05, 3.63) is 83.4 Å². The van der Waals surface area contributed by atoms with E-state index in [0.717, 1.165) is 36.4 Å². The van der Waals surface area contributed by atoms with E-state index in [1.165, 1.54) is 36.8 Å². The smallest absolute Gasteiger partial charge is 0.416 e. The molecule has 2 aliphatic carbocycles. The van der Waals surface area contributed by atoms with Crippen molar-refractivity contribution in [3.63, 3.8) is 0 Å². The Morgan fingerprint density at radius 3 is 2.63 bits per heavy atom. The topological polar surface area (TPSA) is 59.1 Å². The predicted molar refractivity (Wildman–Crippen MR) is 147 cm³/mol. The van der Waals surface area contributed by atoms with Crippen LogP contribution in [0, 0.1) is 0 Å². The highest BCUT2D eigenvalue weighted by Crippen LogP contribution is 2.65. The van der Waals surface area contributed by atoms with Crippen molar-refractivity contribution in [1.29, 1.82) is 0 Å². The van der Waals surface area contributed by atoms with Gasteiger partial charge in [-0.25, -0.2) is 0 Å². The third kappa shape index (κ3) is 4.11. The zero-order valence-corrected chi connectivity index (χ0v) is 23.1. The molecule has 1 saturated carbocycles. The average molecular weight is 567 g/mol. The van der Waals surface area contributed by atoms with Crippen molar-refractivity contribution < 1.29 is 32.2 Å². The molecule has 0 aromatic heterocycles. The van der Waals surface area contributed by atoms with E-state index in [1.807, 2.05) is 18.2 Å². The van der Waals surface area contributed by atoms with Gasteiger partial charge in [0, 0.05) is 38.7 Å². The molecule has 41 heavy (non-hydrogen) atoms. The SMILES string of the molecule is C=CCN1CC[C@]23c4c5cccc4OC2C(N(C)C(=O)/C=C/c2ccc(C(F)(F)F)cc2)CC[C@@]3(OC(C)=O)[C@H]1C5. The Labute approximate surface area is 237 Å². The molecule has 0 radical (unpaired) electrons. The first kappa shape index (κ1) is 27.6. The molecule has 2 aromatic carbocycles. The minimum Gasteiger partial charge on any atom is -0.487 e. The van der Waals surface area contributed by atoms with Crippen LogP contribution in [0.25, 0.3) is 6.08 Å². The fourth-order valence-electron chi connectivity index (χ4n) is 8.02. The number of hydrogen-bond acceptors (Lipinski definition) is 5. The van der Waals surface area contributed by atoms with Crippen LogP contribution in [0.3, 0.4) is 0 Å². The lowest BCUT2D eigenvalue weighted by Crippen LogP contribution is -2.79. The van der Waals surface area contributed by atoms with Crippen LogP contribution in [0.5, 0.6) is 5.75 Å². The summed E-state index contributed by atoms with van der Waals surface area (Å²) in [7, 11) is 1.74. The summed E-state index contributed by atoms with van der Waals surface area (Å²) in [6.07, 6.45) is 2.54. The van der Waals surface area contributed by atoms with Gasteiger partial charge >= 0.3 is 12.1 Å². The number of hydrogen-bond donors (Lipinski definition) is 0. The third-order valence-corrected chi connectivity index (χ3v) is 9.59. The molecule has 2 unspecified atom stereocenters. The lowest BCUT2D eigenvalue weighted by atomic mass is 9.48. The molecule has 2 aliphatic heterocycles. The maximum atomic E-state index is 13.4. The van der Waals surface area contributed by atoms with Crippen molar-refractivity contribution in [2.24, 2.45) is 0 Å². The number of piperidine rings is 1. The number of likely N-dealkylation sites (tertiary alicyclic amines) is 1. The number of esters is 1. The summed E-state index contributed by atoms with van der Waals surface area (Å²) in [5.41, 5.74) is 0.628. The van der Waals surface area contributed by atoms with Crippen LogP contribution in [0.4, 0.5) is 13.2 Å². The maximum absolute atomic E-state index is 13.4. The Morgan fingerprint density at radius 2 is 1.95 bits per heavy atom. The van der Waals surface area contributed by atoms with E-state index in [4.69, 9.17) is 9.47 Å². The molecule has 4 aliphatic rings. The Kier molecular flexibility index (Phi) is 6.56. The van der Waals surface area contributed by atoms with E-state index in [0.29, 0.717) is 31.4 Å². The van der Waals surface area contributed by atoms with E-state index < -0.39 is 28.9 Å². The standard InChI is InChI=1S/C32H33F3N2O4/c1-4-17-37-18-16-30-28-22-6-5-7-25(28)40-29(30)24(14-15-31(30,26(37)19-22)41-20(2)38)36(3)27(39)13-10-21-8-11-23(12-9-21)32(33,34)35/h4-13,24,26,29H,1,14-19H2,2-3H3/b13-10+/t24?,26-,29?,30+,31-/m1/s1. The van der Waals surface area contributed by atoms with E-state index in [9.17, 15) is 22.8 Å². The summed E-state index contributed by atoms with van der Waals surface area (Å²) in [6.45, 7) is 6.87. The molecule has 1 saturated heterocycles. The molecule has 2 heterocycles. The molecule has 2 bridgehead atoms. The van der Waals surface area contributed by atoms with Gasteiger partial charge < -0.3 is 14.4 Å². The minimum atomic E-state index is -4.42. The number of amides is 1. The zero-order chi connectivity index (χ0) is 29.2. The van der Waals surface area contributed by atoms with Crippen LogP contribution in [-0.2, 0) is 32.3 Å². The molecule has 1 amide bonds. The van der Waals surface area contributed by atoms with Crippen molar-refractivity contribution in [2.75, 3.05) is 20.1 Å². The lowest BCUT2D eigenvalue weighted by Gasteiger charge is -2.65. The number of likely N-dealkylation sites (N-methyl/N-ethyl adjacent to an activating group) is 1. The Hall–Kier alpha value is -3.59. The fourth-order valence-corrected chi connectivity index (χ4v) is 8.02. The quantitative estimate of drug-likeness (QED) is 0.275. The summed E-state index contributed by atoms with van der Waals surface area (Å²) in [5, 5.41) is 0. The summed E-state index contributed by atoms with van der Waals surface area (Å²) in [5.74, 6) is 0.180. The first-order chi connectivity index (χ1) is 19.5. The minimum absolute atomic E-state index is 0.0494. The second-order valence-electron chi connectivity index (χ2n) is 11.5. The summed E-state index contributed by atoms with van der Waals surface area (Å²) in [6, 6.07) is 10.4. The molecular formula is C32H33F3N2O4. The largest absolute Gasteiger partial charge is 0.487 e. The monoisotopic (exact) mass is 566 g/mol. The van der Waals surface area contributed by atoms with Crippen LogP contribution < -0.4 is 4.74 Å². The van der Waals surface area contributed by atoms with Gasteiger partial charge in [-0.3, -0.25) is 14.5 Å². The van der Waals surface area contributed by atoms with Crippen LogP contribution in [0.1, 0.15) is 48.4 Å². The van der Waals surface area contributed by atoms with E-state index >= 15 is 0 Å². The maximum Gasteiger partial charge on any atom is 0.416 e. The Balaban J connectivity index is 1.34. The first-order valence-corrected chi connectivity index (χ1v) is 14.0. The fraction of sp³-hybridized carbons (Fsp3) is 0.438. The van der Waals surface area contributed by atoms with E-state index in [1.54, 1.807) is 11.9 Å². The van der Waals surface area contributed by atoms with Gasteiger partial charge in [0.2, 0.25) is 5.91 Å². The van der Waals surface area contributed by atoms with Gasteiger partial charge in [0.15, 0.2) is 0 Å². The summed E-state index contributed by atoms with van der Waals surface area (Å²) < 4.78 is 51.9. The van der Waals surface area contributed by atoms with Gasteiger partial charge in [-0.2, -0.15) is 13.2 Å². The molecule has 1 spiro atoms. The average Bonchev–Trinajstić information content (AvgIpc) is 3.27. The lowest BCUT2D eigenvalue weighted by molar-refractivity contribution is -0.222. The molecule has 5 atom stereocenters. The van der Waals surface area contributed by atoms with Gasteiger partial charge in [-0.15, -0.1) is 6.58 Å². The van der Waals surface area contributed by atoms with Crippen LogP contribution in [0.2, 0.25) is 0 Å². The number of carbonyl (C=O) groups is 2.